The van der Waals surface area contributed by atoms with Gasteiger partial charge in [0, 0.05) is 10.0 Å². The molecule has 0 aromatic heterocycles. The number of allylic oxidation sites excluding steroid dienone is 1. The Kier molecular flexibility index (Phi) is 5.84. The molecule has 0 amide bonds. The highest BCUT2D eigenvalue weighted by Gasteiger charge is 1.91. The minimum Gasteiger partial charge on any atom is -0.120 e. The van der Waals surface area contributed by atoms with Crippen molar-refractivity contribution in [2.24, 2.45) is 0 Å². The van der Waals surface area contributed by atoms with Crippen LogP contribution < -0.4 is 0 Å². The second kappa shape index (κ2) is 5.06. The van der Waals surface area contributed by atoms with Gasteiger partial charge in [0.2, 0.25) is 0 Å². The Morgan fingerprint density at radius 2 is 2.12 bits per heavy atom. The second-order valence-electron chi connectivity index (χ2n) is 1.05. The van der Waals surface area contributed by atoms with Gasteiger partial charge in [-0.05, 0) is 61.1 Å². The SMILES string of the molecule is C#CC/C(I)=C(\Br)I. The summed E-state index contributed by atoms with van der Waals surface area (Å²) in [7, 11) is 0. The summed E-state index contributed by atoms with van der Waals surface area (Å²) in [4.78, 5) is 0. The molecular formula is C5H3BrI2. The van der Waals surface area contributed by atoms with Crippen LogP contribution in [0.25, 0.3) is 0 Å². The summed E-state index contributed by atoms with van der Waals surface area (Å²) in [6.45, 7) is 0. The van der Waals surface area contributed by atoms with Crippen molar-refractivity contribution in [3.8, 4) is 12.3 Å². The zero-order valence-corrected chi connectivity index (χ0v) is 9.82. The van der Waals surface area contributed by atoms with E-state index in [0.717, 1.165) is 8.91 Å². The van der Waals surface area contributed by atoms with Crippen molar-refractivity contribution in [2.75, 3.05) is 0 Å². The normalized spacial score (nSPS) is 12.2. The van der Waals surface area contributed by atoms with Gasteiger partial charge >= 0.3 is 0 Å². The highest BCUT2D eigenvalue weighted by Crippen LogP contribution is 2.26. The average Bonchev–Trinajstić information content (AvgIpc) is 1.67. The Morgan fingerprint density at radius 3 is 2.25 bits per heavy atom. The smallest absolute Gasteiger partial charge is 0.0661 e. The van der Waals surface area contributed by atoms with Crippen LogP contribution in [-0.2, 0) is 0 Å². The van der Waals surface area contributed by atoms with Crippen molar-refractivity contribution in [3.63, 3.8) is 0 Å². The summed E-state index contributed by atoms with van der Waals surface area (Å²) in [6.07, 6.45) is 5.78. The van der Waals surface area contributed by atoms with E-state index in [-0.39, 0.29) is 0 Å². The maximum atomic E-state index is 5.05. The van der Waals surface area contributed by atoms with Crippen LogP contribution in [0, 0.1) is 12.3 Å². The molecule has 0 aromatic rings. The van der Waals surface area contributed by atoms with Gasteiger partial charge in [0.05, 0.1) is 2.49 Å². The monoisotopic (exact) mass is 396 g/mol. The molecule has 0 heterocycles. The molecule has 8 heavy (non-hydrogen) atoms. The first-order chi connectivity index (χ1) is 3.68. The van der Waals surface area contributed by atoms with Gasteiger partial charge < -0.3 is 0 Å². The second-order valence-corrected chi connectivity index (χ2v) is 5.70. The van der Waals surface area contributed by atoms with Gasteiger partial charge in [-0.1, -0.05) is 0 Å². The third-order valence-corrected chi connectivity index (χ3v) is 4.29. The van der Waals surface area contributed by atoms with Gasteiger partial charge in [-0.3, -0.25) is 0 Å². The van der Waals surface area contributed by atoms with Crippen LogP contribution in [0.3, 0.4) is 0 Å². The van der Waals surface area contributed by atoms with Crippen molar-refractivity contribution < 1.29 is 0 Å². The molecule has 0 fully saturated rings. The minimum absolute atomic E-state index is 0.726. The summed E-state index contributed by atoms with van der Waals surface area (Å²) in [6, 6.07) is 0. The molecule has 0 aliphatic rings. The molecule has 0 rings (SSSR count). The molecule has 0 bridgehead atoms. The van der Waals surface area contributed by atoms with Gasteiger partial charge in [-0.25, -0.2) is 0 Å². The lowest BCUT2D eigenvalue weighted by Gasteiger charge is -1.88. The molecule has 0 aromatic carbocycles. The highest BCUT2D eigenvalue weighted by atomic mass is 127. The lowest BCUT2D eigenvalue weighted by atomic mass is 10.5. The number of halogens is 3. The standard InChI is InChI=1S/C5H3BrI2/c1-2-3-4(7)5(6)8/h1H,3H2/b5-4-. The molecule has 0 aliphatic heterocycles. The first-order valence-corrected chi connectivity index (χ1v) is 4.76. The first kappa shape index (κ1) is 9.24. The Balaban J connectivity index is 3.85. The van der Waals surface area contributed by atoms with Gasteiger partial charge in [0.25, 0.3) is 0 Å². The van der Waals surface area contributed by atoms with Crippen LogP contribution in [0.15, 0.2) is 6.07 Å². The Labute approximate surface area is 84.9 Å². The highest BCUT2D eigenvalue weighted by molar-refractivity contribution is 14.1. The molecule has 0 unspecified atom stereocenters. The van der Waals surface area contributed by atoms with Crippen molar-refractivity contribution in [1.29, 1.82) is 0 Å². The molecule has 0 atom stereocenters. The minimum atomic E-state index is 0.726. The van der Waals surface area contributed by atoms with Gasteiger partial charge in [-0.2, -0.15) is 0 Å². The van der Waals surface area contributed by atoms with Gasteiger partial charge in [-0.15, -0.1) is 12.3 Å². The molecule has 0 saturated heterocycles. The lowest BCUT2D eigenvalue weighted by molar-refractivity contribution is 1.47. The lowest BCUT2D eigenvalue weighted by Crippen LogP contribution is -1.65. The van der Waals surface area contributed by atoms with Crippen LogP contribution in [0.2, 0.25) is 0 Å². The van der Waals surface area contributed by atoms with E-state index in [9.17, 15) is 0 Å². The summed E-state index contributed by atoms with van der Waals surface area (Å²) in [5.74, 6) is 2.55. The van der Waals surface area contributed by atoms with Crippen LogP contribution in [0.1, 0.15) is 6.42 Å². The van der Waals surface area contributed by atoms with Crippen LogP contribution in [-0.4, -0.2) is 0 Å². The van der Waals surface area contributed by atoms with E-state index in [1.807, 2.05) is 0 Å². The van der Waals surface area contributed by atoms with Gasteiger partial charge in [0.1, 0.15) is 0 Å². The topological polar surface area (TPSA) is 0 Å². The molecule has 0 spiro atoms. The first-order valence-electron chi connectivity index (χ1n) is 1.81. The van der Waals surface area contributed by atoms with Crippen LogP contribution in [0.5, 0.6) is 0 Å². The molecule has 0 nitrogen and oxygen atoms in total. The summed E-state index contributed by atoms with van der Waals surface area (Å²) in [5, 5.41) is 0. The van der Waals surface area contributed by atoms with E-state index < -0.39 is 0 Å². The number of rotatable bonds is 1. The zero-order chi connectivity index (χ0) is 6.57. The predicted molar refractivity (Wildman–Crippen MR) is 57.4 cm³/mol. The van der Waals surface area contributed by atoms with E-state index in [0.29, 0.717) is 0 Å². The Hall–Kier alpha value is 1.24. The summed E-state index contributed by atoms with van der Waals surface area (Å²) < 4.78 is 2.29. The average molecular weight is 397 g/mol. The van der Waals surface area contributed by atoms with E-state index in [1.54, 1.807) is 0 Å². The third-order valence-electron chi connectivity index (χ3n) is 0.462. The predicted octanol–water partition coefficient (Wildman–Crippen LogP) is 3.44. The van der Waals surface area contributed by atoms with Crippen LogP contribution in [0.4, 0.5) is 0 Å². The fourth-order valence-electron chi connectivity index (χ4n) is 0.156. The number of hydrogen-bond donors (Lipinski definition) is 0. The molecule has 3 heteroatoms. The number of terminal acetylenes is 1. The Morgan fingerprint density at radius 1 is 1.62 bits per heavy atom. The molecule has 0 N–H and O–H groups in total. The molecular weight excluding hydrogens is 394 g/mol. The molecule has 0 saturated carbocycles. The van der Waals surface area contributed by atoms with Gasteiger partial charge in [0.15, 0.2) is 0 Å². The maximum absolute atomic E-state index is 5.05. The molecule has 0 radical (unpaired) electrons. The fraction of sp³-hybridized carbons (Fsp3) is 0.200. The molecule has 44 valence electrons. The quantitative estimate of drug-likeness (QED) is 0.470. The van der Waals surface area contributed by atoms with Crippen LogP contribution >= 0.6 is 61.1 Å². The third kappa shape index (κ3) is 4.15. The van der Waals surface area contributed by atoms with E-state index in [4.69, 9.17) is 6.42 Å². The van der Waals surface area contributed by atoms with Crippen molar-refractivity contribution in [3.05, 3.63) is 6.07 Å². The van der Waals surface area contributed by atoms with E-state index in [2.05, 4.69) is 67.0 Å². The largest absolute Gasteiger partial charge is 0.120 e. The van der Waals surface area contributed by atoms with Crippen molar-refractivity contribution >= 4 is 61.1 Å². The van der Waals surface area contributed by atoms with Crippen molar-refractivity contribution in [1.82, 2.24) is 0 Å². The zero-order valence-electron chi connectivity index (χ0n) is 3.92. The maximum Gasteiger partial charge on any atom is 0.0661 e. The molecule has 0 aliphatic carbocycles. The summed E-state index contributed by atoms with van der Waals surface area (Å²) >= 11 is 7.70. The Bertz CT molecular complexity index is 139. The van der Waals surface area contributed by atoms with E-state index >= 15 is 0 Å². The number of hydrogen-bond acceptors (Lipinski definition) is 0. The van der Waals surface area contributed by atoms with Crippen molar-refractivity contribution in [2.45, 2.75) is 6.42 Å². The fourth-order valence-corrected chi connectivity index (χ4v) is 0.708. The van der Waals surface area contributed by atoms with E-state index in [1.165, 1.54) is 3.58 Å². The summed E-state index contributed by atoms with van der Waals surface area (Å²) in [5.41, 5.74) is 0.